The Hall–Kier alpha value is -1.26. The summed E-state index contributed by atoms with van der Waals surface area (Å²) < 4.78 is 0. The quantitative estimate of drug-likeness (QED) is 0.659. The van der Waals surface area contributed by atoms with Gasteiger partial charge in [0.05, 0.1) is 5.02 Å². The SMILES string of the molecule is CCC1CN(c2ccc(C(=N)N)c(Cl)c2)CCN1C. The number of likely N-dealkylation sites (N-methyl/N-ethyl adjacent to an activating group) is 1. The number of hydrogen-bond acceptors (Lipinski definition) is 3. The second-order valence-electron chi connectivity index (χ2n) is 5.07. The molecule has 2 rings (SSSR count). The first kappa shape index (κ1) is 14.2. The number of piperazine rings is 1. The third-order valence-electron chi connectivity index (χ3n) is 3.86. The van der Waals surface area contributed by atoms with Crippen LogP contribution in [0, 0.1) is 5.41 Å². The lowest BCUT2D eigenvalue weighted by Crippen LogP contribution is -2.51. The van der Waals surface area contributed by atoms with Crippen LogP contribution in [0.1, 0.15) is 18.9 Å². The van der Waals surface area contributed by atoms with E-state index in [9.17, 15) is 0 Å². The van der Waals surface area contributed by atoms with Gasteiger partial charge in [-0.2, -0.15) is 0 Å². The van der Waals surface area contributed by atoms with Gasteiger partial charge >= 0.3 is 0 Å². The minimum Gasteiger partial charge on any atom is -0.384 e. The predicted molar refractivity (Wildman–Crippen MR) is 81.4 cm³/mol. The van der Waals surface area contributed by atoms with Gasteiger partial charge in [0, 0.05) is 36.9 Å². The molecular formula is C14H21ClN4. The highest BCUT2D eigenvalue weighted by Gasteiger charge is 2.23. The van der Waals surface area contributed by atoms with E-state index in [1.165, 1.54) is 0 Å². The van der Waals surface area contributed by atoms with Crippen molar-refractivity contribution in [2.24, 2.45) is 5.73 Å². The van der Waals surface area contributed by atoms with Crippen LogP contribution in [0.2, 0.25) is 5.02 Å². The lowest BCUT2D eigenvalue weighted by molar-refractivity contribution is 0.213. The van der Waals surface area contributed by atoms with Crippen LogP contribution in [-0.4, -0.2) is 43.5 Å². The number of anilines is 1. The smallest absolute Gasteiger partial charge is 0.124 e. The fraction of sp³-hybridized carbons (Fsp3) is 0.500. The Balaban J connectivity index is 2.18. The monoisotopic (exact) mass is 280 g/mol. The van der Waals surface area contributed by atoms with Crippen molar-refractivity contribution in [2.45, 2.75) is 19.4 Å². The normalized spacial score (nSPS) is 20.6. The molecule has 3 N–H and O–H groups in total. The zero-order valence-electron chi connectivity index (χ0n) is 11.5. The van der Waals surface area contributed by atoms with E-state index < -0.39 is 0 Å². The summed E-state index contributed by atoms with van der Waals surface area (Å²) >= 11 is 6.18. The van der Waals surface area contributed by atoms with Crippen molar-refractivity contribution in [1.82, 2.24) is 4.90 Å². The van der Waals surface area contributed by atoms with Crippen molar-refractivity contribution in [3.8, 4) is 0 Å². The Morgan fingerprint density at radius 2 is 2.21 bits per heavy atom. The van der Waals surface area contributed by atoms with E-state index in [0.29, 0.717) is 16.6 Å². The molecule has 0 spiro atoms. The molecule has 0 radical (unpaired) electrons. The van der Waals surface area contributed by atoms with E-state index in [2.05, 4.69) is 23.8 Å². The first-order valence-electron chi connectivity index (χ1n) is 6.62. The Kier molecular flexibility index (Phi) is 4.32. The molecule has 0 bridgehead atoms. The van der Waals surface area contributed by atoms with Gasteiger partial charge in [-0.3, -0.25) is 10.3 Å². The zero-order chi connectivity index (χ0) is 14.0. The van der Waals surface area contributed by atoms with E-state index in [-0.39, 0.29) is 5.84 Å². The molecule has 1 unspecified atom stereocenters. The molecule has 1 aliphatic heterocycles. The summed E-state index contributed by atoms with van der Waals surface area (Å²) in [4.78, 5) is 4.76. The van der Waals surface area contributed by atoms with Crippen molar-refractivity contribution in [2.75, 3.05) is 31.6 Å². The molecule has 1 heterocycles. The number of benzene rings is 1. The van der Waals surface area contributed by atoms with Crippen LogP contribution < -0.4 is 10.6 Å². The second kappa shape index (κ2) is 5.80. The van der Waals surface area contributed by atoms with Gasteiger partial charge in [0.1, 0.15) is 5.84 Å². The van der Waals surface area contributed by atoms with Gasteiger partial charge in [-0.25, -0.2) is 0 Å². The standard InChI is InChI=1S/C14H21ClN4/c1-3-10-9-19(7-6-18(10)2)11-4-5-12(14(16)17)13(15)8-11/h4-5,8,10H,3,6-7,9H2,1-2H3,(H3,16,17). The Bertz CT molecular complexity index is 475. The topological polar surface area (TPSA) is 56.4 Å². The Morgan fingerprint density at radius 1 is 1.47 bits per heavy atom. The number of halogens is 1. The molecule has 1 aromatic rings. The maximum absolute atomic E-state index is 7.45. The lowest BCUT2D eigenvalue weighted by Gasteiger charge is -2.40. The van der Waals surface area contributed by atoms with Crippen LogP contribution in [0.15, 0.2) is 18.2 Å². The first-order valence-corrected chi connectivity index (χ1v) is 6.99. The zero-order valence-corrected chi connectivity index (χ0v) is 12.2. The van der Waals surface area contributed by atoms with E-state index in [4.69, 9.17) is 22.7 Å². The van der Waals surface area contributed by atoms with Crippen LogP contribution >= 0.6 is 11.6 Å². The van der Waals surface area contributed by atoms with E-state index in [0.717, 1.165) is 31.7 Å². The van der Waals surface area contributed by atoms with E-state index in [1.54, 1.807) is 0 Å². The molecule has 0 aliphatic carbocycles. The third-order valence-corrected chi connectivity index (χ3v) is 4.17. The molecule has 19 heavy (non-hydrogen) atoms. The molecule has 1 saturated heterocycles. The van der Waals surface area contributed by atoms with Crippen LogP contribution in [0.4, 0.5) is 5.69 Å². The van der Waals surface area contributed by atoms with Gasteiger partial charge < -0.3 is 10.6 Å². The first-order chi connectivity index (χ1) is 9.02. The summed E-state index contributed by atoms with van der Waals surface area (Å²) in [6, 6.07) is 6.33. The summed E-state index contributed by atoms with van der Waals surface area (Å²) in [6.07, 6.45) is 1.15. The molecule has 1 aliphatic rings. The molecule has 0 saturated carbocycles. The molecule has 1 aromatic carbocycles. The highest BCUT2D eigenvalue weighted by molar-refractivity contribution is 6.34. The molecule has 5 heteroatoms. The van der Waals surface area contributed by atoms with Gasteiger partial charge in [-0.15, -0.1) is 0 Å². The second-order valence-corrected chi connectivity index (χ2v) is 5.47. The average Bonchev–Trinajstić information content (AvgIpc) is 2.38. The molecule has 1 atom stereocenters. The average molecular weight is 281 g/mol. The van der Waals surface area contributed by atoms with Gasteiger partial charge in [0.2, 0.25) is 0 Å². The molecule has 0 amide bonds. The summed E-state index contributed by atoms with van der Waals surface area (Å²) in [5.74, 6) is 0.0152. The van der Waals surface area contributed by atoms with Crippen molar-refractivity contribution >= 4 is 23.1 Å². The molecule has 4 nitrogen and oxygen atoms in total. The highest BCUT2D eigenvalue weighted by atomic mass is 35.5. The van der Waals surface area contributed by atoms with Gasteiger partial charge in [-0.05, 0) is 31.7 Å². The summed E-state index contributed by atoms with van der Waals surface area (Å²) in [7, 11) is 2.18. The summed E-state index contributed by atoms with van der Waals surface area (Å²) in [6.45, 7) is 5.30. The molecular weight excluding hydrogens is 260 g/mol. The largest absolute Gasteiger partial charge is 0.384 e. The fourth-order valence-corrected chi connectivity index (χ4v) is 2.82. The van der Waals surface area contributed by atoms with Crippen LogP contribution in [0.3, 0.4) is 0 Å². The minimum atomic E-state index is 0.0152. The predicted octanol–water partition coefficient (Wildman–Crippen LogP) is 2.15. The van der Waals surface area contributed by atoms with E-state index in [1.807, 2.05) is 18.2 Å². The number of nitrogens with one attached hydrogen (secondary N) is 1. The van der Waals surface area contributed by atoms with Crippen molar-refractivity contribution in [3.63, 3.8) is 0 Å². The number of nitrogens with zero attached hydrogens (tertiary/aromatic N) is 2. The van der Waals surface area contributed by atoms with Crippen molar-refractivity contribution < 1.29 is 0 Å². The summed E-state index contributed by atoms with van der Waals surface area (Å²) in [5, 5.41) is 8.01. The number of hydrogen-bond donors (Lipinski definition) is 2. The van der Waals surface area contributed by atoms with Crippen molar-refractivity contribution in [3.05, 3.63) is 28.8 Å². The number of nitrogen functional groups attached to an aromatic ring is 1. The molecule has 104 valence electrons. The van der Waals surface area contributed by atoms with Gasteiger partial charge in [-0.1, -0.05) is 18.5 Å². The molecule has 0 aromatic heterocycles. The van der Waals surface area contributed by atoms with Crippen LogP contribution in [0.25, 0.3) is 0 Å². The van der Waals surface area contributed by atoms with Crippen LogP contribution in [0.5, 0.6) is 0 Å². The number of amidine groups is 1. The number of rotatable bonds is 3. The fourth-order valence-electron chi connectivity index (χ4n) is 2.54. The highest BCUT2D eigenvalue weighted by Crippen LogP contribution is 2.25. The van der Waals surface area contributed by atoms with Crippen LogP contribution in [-0.2, 0) is 0 Å². The van der Waals surface area contributed by atoms with Crippen molar-refractivity contribution in [1.29, 1.82) is 5.41 Å². The van der Waals surface area contributed by atoms with Gasteiger partial charge in [0.15, 0.2) is 0 Å². The maximum atomic E-state index is 7.45. The van der Waals surface area contributed by atoms with E-state index >= 15 is 0 Å². The Morgan fingerprint density at radius 3 is 2.79 bits per heavy atom. The third kappa shape index (κ3) is 3.01. The maximum Gasteiger partial charge on any atom is 0.124 e. The number of nitrogens with two attached hydrogens (primary N) is 1. The summed E-state index contributed by atoms with van der Waals surface area (Å²) in [5.41, 5.74) is 7.20. The molecule has 1 fully saturated rings. The Labute approximate surface area is 119 Å². The minimum absolute atomic E-state index is 0.0152. The van der Waals surface area contributed by atoms with Gasteiger partial charge in [0.25, 0.3) is 0 Å². The lowest BCUT2D eigenvalue weighted by atomic mass is 10.1.